The molecular weight excluding hydrogens is 196 g/mol. The second kappa shape index (κ2) is 7.52. The maximum absolute atomic E-state index is 5.69. The third-order valence-electron chi connectivity index (χ3n) is 2.03. The van der Waals surface area contributed by atoms with Crippen molar-refractivity contribution in [3.63, 3.8) is 0 Å². The van der Waals surface area contributed by atoms with Crippen molar-refractivity contribution in [2.45, 2.75) is 20.5 Å². The van der Waals surface area contributed by atoms with Crippen LogP contribution in [0.15, 0.2) is 66.5 Å². The van der Waals surface area contributed by atoms with Gasteiger partial charge in [0, 0.05) is 0 Å². The molecule has 0 aliphatic rings. The Balaban J connectivity index is 2.57. The van der Waals surface area contributed by atoms with Crippen molar-refractivity contribution >= 4 is 0 Å². The molecule has 84 valence electrons. The Labute approximate surface area is 97.8 Å². The number of benzene rings is 1. The van der Waals surface area contributed by atoms with Gasteiger partial charge in [0.1, 0.15) is 12.4 Å². The molecule has 0 unspecified atom stereocenters. The second-order valence-electron chi connectivity index (χ2n) is 3.37. The van der Waals surface area contributed by atoms with E-state index in [2.05, 4.69) is 12.1 Å². The Morgan fingerprint density at radius 1 is 1.12 bits per heavy atom. The van der Waals surface area contributed by atoms with Crippen molar-refractivity contribution in [2.75, 3.05) is 0 Å². The van der Waals surface area contributed by atoms with Crippen LogP contribution < -0.4 is 0 Å². The number of rotatable bonds is 5. The van der Waals surface area contributed by atoms with E-state index in [1.807, 2.05) is 62.4 Å². The first kappa shape index (κ1) is 12.3. The summed E-state index contributed by atoms with van der Waals surface area (Å²) in [6, 6.07) is 10.2. The summed E-state index contributed by atoms with van der Waals surface area (Å²) in [6.07, 6.45) is 9.85. The van der Waals surface area contributed by atoms with Gasteiger partial charge < -0.3 is 4.74 Å². The number of ether oxygens (including phenoxy) is 1. The summed E-state index contributed by atoms with van der Waals surface area (Å²) in [5, 5.41) is 0. The quantitative estimate of drug-likeness (QED) is 0.526. The van der Waals surface area contributed by atoms with Gasteiger partial charge in [-0.05, 0) is 31.6 Å². The van der Waals surface area contributed by atoms with Crippen molar-refractivity contribution in [1.82, 2.24) is 0 Å². The van der Waals surface area contributed by atoms with Gasteiger partial charge >= 0.3 is 0 Å². The molecular formula is C15H18O. The third-order valence-corrected chi connectivity index (χ3v) is 2.03. The van der Waals surface area contributed by atoms with Crippen LogP contribution in [-0.2, 0) is 11.3 Å². The van der Waals surface area contributed by atoms with Crippen LogP contribution in [0.1, 0.15) is 19.4 Å². The summed E-state index contributed by atoms with van der Waals surface area (Å²) in [7, 11) is 0. The van der Waals surface area contributed by atoms with Gasteiger partial charge in [-0.3, -0.25) is 0 Å². The van der Waals surface area contributed by atoms with Gasteiger partial charge in [0.15, 0.2) is 0 Å². The van der Waals surface area contributed by atoms with E-state index < -0.39 is 0 Å². The van der Waals surface area contributed by atoms with Gasteiger partial charge in [0.25, 0.3) is 0 Å². The van der Waals surface area contributed by atoms with E-state index in [0.717, 1.165) is 5.76 Å². The van der Waals surface area contributed by atoms with Crippen LogP contribution in [0.5, 0.6) is 0 Å². The molecule has 0 aromatic heterocycles. The molecule has 1 heteroatoms. The Kier molecular flexibility index (Phi) is 5.79. The summed E-state index contributed by atoms with van der Waals surface area (Å²) < 4.78 is 5.69. The average Bonchev–Trinajstić information content (AvgIpc) is 2.34. The summed E-state index contributed by atoms with van der Waals surface area (Å²) >= 11 is 0. The highest BCUT2D eigenvalue weighted by molar-refractivity contribution is 5.19. The summed E-state index contributed by atoms with van der Waals surface area (Å²) in [5.74, 6) is 0.879. The van der Waals surface area contributed by atoms with E-state index >= 15 is 0 Å². The van der Waals surface area contributed by atoms with Gasteiger partial charge in [-0.1, -0.05) is 48.6 Å². The molecule has 1 aromatic rings. The largest absolute Gasteiger partial charge is 0.489 e. The monoisotopic (exact) mass is 214 g/mol. The van der Waals surface area contributed by atoms with Crippen LogP contribution in [0, 0.1) is 0 Å². The predicted molar refractivity (Wildman–Crippen MR) is 68.9 cm³/mol. The molecule has 0 amide bonds. The van der Waals surface area contributed by atoms with Gasteiger partial charge in [0.05, 0.1) is 0 Å². The van der Waals surface area contributed by atoms with Crippen LogP contribution in [0.25, 0.3) is 0 Å². The standard InChI is InChI=1S/C15H18O/c1-3-5-12-15(9-4-2)16-13-14-10-7-6-8-11-14/h3-12H,13H2,1-2H3/b5-3-,9-4?,15-12+. The fraction of sp³-hybridized carbons (Fsp3) is 0.200. The van der Waals surface area contributed by atoms with E-state index in [4.69, 9.17) is 4.74 Å². The molecule has 0 saturated heterocycles. The highest BCUT2D eigenvalue weighted by Gasteiger charge is 1.93. The molecule has 0 heterocycles. The lowest BCUT2D eigenvalue weighted by Gasteiger charge is -2.06. The Morgan fingerprint density at radius 2 is 1.88 bits per heavy atom. The minimum Gasteiger partial charge on any atom is -0.489 e. The zero-order valence-electron chi connectivity index (χ0n) is 9.89. The molecule has 0 fully saturated rings. The summed E-state index contributed by atoms with van der Waals surface area (Å²) in [5.41, 5.74) is 1.18. The van der Waals surface area contributed by atoms with Crippen LogP contribution in [0.2, 0.25) is 0 Å². The molecule has 1 rings (SSSR count). The molecule has 0 aliphatic heterocycles. The van der Waals surface area contributed by atoms with Crippen molar-refractivity contribution in [3.8, 4) is 0 Å². The fourth-order valence-electron chi connectivity index (χ4n) is 1.25. The zero-order chi connectivity index (χ0) is 11.6. The number of hydrogen-bond acceptors (Lipinski definition) is 1. The molecule has 0 N–H and O–H groups in total. The predicted octanol–water partition coefficient (Wildman–Crippen LogP) is 4.24. The van der Waals surface area contributed by atoms with Crippen molar-refractivity contribution < 1.29 is 4.74 Å². The molecule has 0 spiro atoms. The van der Waals surface area contributed by atoms with Crippen molar-refractivity contribution in [3.05, 3.63) is 72.0 Å². The first-order valence-electron chi connectivity index (χ1n) is 5.49. The Hall–Kier alpha value is -1.76. The van der Waals surface area contributed by atoms with E-state index in [1.165, 1.54) is 5.56 Å². The van der Waals surface area contributed by atoms with E-state index in [0.29, 0.717) is 6.61 Å². The lowest BCUT2D eigenvalue weighted by atomic mass is 10.2. The average molecular weight is 214 g/mol. The van der Waals surface area contributed by atoms with Crippen LogP contribution in [-0.4, -0.2) is 0 Å². The van der Waals surface area contributed by atoms with Gasteiger partial charge in [-0.15, -0.1) is 0 Å². The van der Waals surface area contributed by atoms with Crippen LogP contribution >= 0.6 is 0 Å². The first-order valence-corrected chi connectivity index (χ1v) is 5.49. The number of allylic oxidation sites excluding steroid dienone is 5. The second-order valence-corrected chi connectivity index (χ2v) is 3.37. The SMILES string of the molecule is CC=C/C(=C\C=C/C)OCc1ccccc1. The first-order chi connectivity index (χ1) is 7.86. The molecule has 1 aromatic carbocycles. The fourth-order valence-corrected chi connectivity index (χ4v) is 1.25. The molecule has 0 atom stereocenters. The van der Waals surface area contributed by atoms with Gasteiger partial charge in [-0.2, -0.15) is 0 Å². The molecule has 0 radical (unpaired) electrons. The topological polar surface area (TPSA) is 9.23 Å². The summed E-state index contributed by atoms with van der Waals surface area (Å²) in [4.78, 5) is 0. The molecule has 0 saturated carbocycles. The van der Waals surface area contributed by atoms with Gasteiger partial charge in [0.2, 0.25) is 0 Å². The normalized spacial score (nSPS) is 12.5. The number of hydrogen-bond donors (Lipinski definition) is 0. The smallest absolute Gasteiger partial charge is 0.119 e. The molecule has 0 aliphatic carbocycles. The zero-order valence-corrected chi connectivity index (χ0v) is 9.89. The third kappa shape index (κ3) is 4.65. The van der Waals surface area contributed by atoms with Crippen molar-refractivity contribution in [2.24, 2.45) is 0 Å². The van der Waals surface area contributed by atoms with E-state index in [-0.39, 0.29) is 0 Å². The minimum absolute atomic E-state index is 0.606. The van der Waals surface area contributed by atoms with Crippen LogP contribution in [0.4, 0.5) is 0 Å². The Bertz CT molecular complexity index is 372. The Morgan fingerprint density at radius 3 is 2.50 bits per heavy atom. The molecule has 16 heavy (non-hydrogen) atoms. The highest BCUT2D eigenvalue weighted by atomic mass is 16.5. The van der Waals surface area contributed by atoms with E-state index in [1.54, 1.807) is 0 Å². The highest BCUT2D eigenvalue weighted by Crippen LogP contribution is 2.07. The summed E-state index contributed by atoms with van der Waals surface area (Å²) in [6.45, 7) is 4.57. The minimum atomic E-state index is 0.606. The molecule has 1 nitrogen and oxygen atoms in total. The lowest BCUT2D eigenvalue weighted by Crippen LogP contribution is -1.91. The lowest BCUT2D eigenvalue weighted by molar-refractivity contribution is 0.211. The molecule has 0 bridgehead atoms. The van der Waals surface area contributed by atoms with Crippen LogP contribution in [0.3, 0.4) is 0 Å². The van der Waals surface area contributed by atoms with E-state index in [9.17, 15) is 0 Å². The maximum atomic E-state index is 5.69. The maximum Gasteiger partial charge on any atom is 0.119 e. The van der Waals surface area contributed by atoms with Gasteiger partial charge in [-0.25, -0.2) is 0 Å². The van der Waals surface area contributed by atoms with Crippen molar-refractivity contribution in [1.29, 1.82) is 0 Å².